The van der Waals surface area contributed by atoms with Crippen molar-refractivity contribution in [3.63, 3.8) is 0 Å². The number of allylic oxidation sites excluding steroid dienone is 3. The number of nitrogens with two attached hydrogens (primary N) is 1. The first kappa shape index (κ1) is 32.6. The fourth-order valence-electron chi connectivity index (χ4n) is 9.83. The Morgan fingerprint density at radius 1 is 1.13 bits per heavy atom. The van der Waals surface area contributed by atoms with Gasteiger partial charge in [-0.25, -0.2) is 0 Å². The maximum Gasteiger partial charge on any atom is 0.249 e. The van der Waals surface area contributed by atoms with E-state index in [1.54, 1.807) is 0 Å². The monoisotopic (exact) mass is 633 g/mol. The van der Waals surface area contributed by atoms with Crippen molar-refractivity contribution < 1.29 is 19.8 Å². The number of carbonyl (C=O) groups is 2. The van der Waals surface area contributed by atoms with Gasteiger partial charge in [0.1, 0.15) is 11.6 Å². The zero-order valence-electron chi connectivity index (χ0n) is 28.6. The Hall–Kier alpha value is -4.36. The van der Waals surface area contributed by atoms with Gasteiger partial charge >= 0.3 is 0 Å². The normalized spacial score (nSPS) is 28.1. The highest BCUT2D eigenvalue weighted by atomic mass is 16.3. The van der Waals surface area contributed by atoms with Crippen LogP contribution in [0.1, 0.15) is 85.6 Å². The molecular formula is C40H47N3O4. The van der Waals surface area contributed by atoms with Crippen LogP contribution in [0.15, 0.2) is 77.4 Å². The van der Waals surface area contributed by atoms with E-state index in [4.69, 9.17) is 5.73 Å². The van der Waals surface area contributed by atoms with Gasteiger partial charge in [0, 0.05) is 44.5 Å². The van der Waals surface area contributed by atoms with Crippen molar-refractivity contribution in [1.29, 1.82) is 0 Å². The third-order valence-electron chi connectivity index (χ3n) is 11.5. The van der Waals surface area contributed by atoms with E-state index in [1.165, 1.54) is 5.56 Å². The smallest absolute Gasteiger partial charge is 0.249 e. The summed E-state index contributed by atoms with van der Waals surface area (Å²) in [6.07, 6.45) is 7.24. The predicted octanol–water partition coefficient (Wildman–Crippen LogP) is 7.60. The third-order valence-corrected chi connectivity index (χ3v) is 11.5. The van der Waals surface area contributed by atoms with Crippen molar-refractivity contribution in [3.05, 3.63) is 111 Å². The summed E-state index contributed by atoms with van der Waals surface area (Å²) in [6.45, 7) is 22.2. The second kappa shape index (κ2) is 10.8. The molecule has 0 aromatic heterocycles. The molecule has 0 fully saturated rings. The van der Waals surface area contributed by atoms with Crippen molar-refractivity contribution in [2.24, 2.45) is 28.4 Å². The lowest BCUT2D eigenvalue weighted by molar-refractivity contribution is -0.124. The number of amides is 1. The van der Waals surface area contributed by atoms with E-state index in [0.29, 0.717) is 24.2 Å². The molecule has 7 heteroatoms. The van der Waals surface area contributed by atoms with Crippen molar-refractivity contribution in [2.45, 2.75) is 79.8 Å². The van der Waals surface area contributed by atoms with Crippen molar-refractivity contribution >= 4 is 29.1 Å². The zero-order chi connectivity index (χ0) is 34.4. The summed E-state index contributed by atoms with van der Waals surface area (Å²) in [4.78, 5) is 27.5. The van der Waals surface area contributed by atoms with Crippen LogP contribution >= 0.6 is 0 Å². The number of primary amides is 1. The fourth-order valence-corrected chi connectivity index (χ4v) is 9.83. The number of Topliss-reactive ketones (excluding diaryl/α,β-unsaturated/α-hetero) is 1. The van der Waals surface area contributed by atoms with Crippen molar-refractivity contribution in [1.82, 2.24) is 0 Å². The molecule has 0 spiro atoms. The predicted molar refractivity (Wildman–Crippen MR) is 189 cm³/mol. The summed E-state index contributed by atoms with van der Waals surface area (Å²) in [5, 5.41) is 31.7. The van der Waals surface area contributed by atoms with Gasteiger partial charge < -0.3 is 26.6 Å². The van der Waals surface area contributed by atoms with E-state index >= 15 is 0 Å². The molecule has 0 saturated heterocycles. The maximum atomic E-state index is 14.7. The van der Waals surface area contributed by atoms with Gasteiger partial charge in [-0.2, -0.15) is 0 Å². The number of hydrogen-bond donors (Lipinski definition) is 5. The number of fused-ring (bicyclic) bond motifs is 4. The number of carbonyl (C=O) groups excluding carboxylic acids is 2. The molecule has 1 amide bonds. The Labute approximate surface area is 278 Å². The minimum Gasteiger partial charge on any atom is -0.508 e. The highest BCUT2D eigenvalue weighted by molar-refractivity contribution is 6.14. The number of rotatable bonds is 6. The molecule has 6 rings (SSSR count). The third kappa shape index (κ3) is 4.50. The lowest BCUT2D eigenvalue weighted by atomic mass is 9.43. The molecular weight excluding hydrogens is 586 g/mol. The van der Waals surface area contributed by atoms with Crippen LogP contribution in [-0.4, -0.2) is 27.5 Å². The second-order valence-electron chi connectivity index (χ2n) is 15.0. The van der Waals surface area contributed by atoms with Crippen molar-refractivity contribution in [3.8, 4) is 0 Å². The molecule has 2 aromatic carbocycles. The molecule has 4 aliphatic carbocycles. The van der Waals surface area contributed by atoms with Crippen LogP contribution < -0.4 is 16.4 Å². The van der Waals surface area contributed by atoms with Crippen LogP contribution in [-0.2, 0) is 17.6 Å². The number of aliphatic hydroxyl groups excluding tert-OH is 1. The molecule has 2 aromatic rings. The van der Waals surface area contributed by atoms with E-state index in [-0.39, 0.29) is 34.3 Å². The molecule has 0 unspecified atom stereocenters. The molecule has 4 aliphatic rings. The average molecular weight is 634 g/mol. The molecule has 0 bridgehead atoms. The molecule has 0 saturated carbocycles. The largest absolute Gasteiger partial charge is 0.508 e. The van der Waals surface area contributed by atoms with Crippen LogP contribution in [0.2, 0.25) is 0 Å². The molecule has 6 N–H and O–H groups in total. The molecule has 7 nitrogen and oxygen atoms in total. The lowest BCUT2D eigenvalue weighted by Gasteiger charge is -2.62. The van der Waals surface area contributed by atoms with E-state index in [9.17, 15) is 19.8 Å². The highest BCUT2D eigenvalue weighted by Crippen LogP contribution is 2.67. The van der Waals surface area contributed by atoms with Gasteiger partial charge in [0.25, 0.3) is 0 Å². The zero-order valence-corrected chi connectivity index (χ0v) is 28.6. The number of aryl methyl sites for hydroxylation is 2. The van der Waals surface area contributed by atoms with Gasteiger partial charge in [-0.05, 0) is 98.2 Å². The van der Waals surface area contributed by atoms with Gasteiger partial charge in [0.05, 0.1) is 0 Å². The summed E-state index contributed by atoms with van der Waals surface area (Å²) in [7, 11) is 0. The molecule has 246 valence electrons. The number of hydrogen-bond acceptors (Lipinski definition) is 6. The number of benzene rings is 2. The number of nitrogens with one attached hydrogen (secondary N) is 2. The van der Waals surface area contributed by atoms with E-state index < -0.39 is 28.1 Å². The summed E-state index contributed by atoms with van der Waals surface area (Å²) in [6, 6.07) is 8.26. The molecule has 0 radical (unpaired) electrons. The van der Waals surface area contributed by atoms with Gasteiger partial charge in [0.2, 0.25) is 5.91 Å². The minimum absolute atomic E-state index is 0.00948. The Bertz CT molecular complexity index is 1890. The van der Waals surface area contributed by atoms with Crippen molar-refractivity contribution in [2.75, 3.05) is 10.6 Å². The topological polar surface area (TPSA) is 125 Å². The van der Waals surface area contributed by atoms with Gasteiger partial charge in [-0.3, -0.25) is 9.59 Å². The van der Waals surface area contributed by atoms with Crippen LogP contribution in [0.4, 0.5) is 11.4 Å². The number of anilines is 2. The Morgan fingerprint density at radius 2 is 1.81 bits per heavy atom. The quantitative estimate of drug-likeness (QED) is 0.223. The Balaban J connectivity index is 1.44. The van der Waals surface area contributed by atoms with Crippen LogP contribution in [0.3, 0.4) is 0 Å². The van der Waals surface area contributed by atoms with E-state index in [2.05, 4.69) is 48.1 Å². The fraction of sp³-hybridized carbons (Fsp3) is 0.400. The highest BCUT2D eigenvalue weighted by Gasteiger charge is 2.68. The van der Waals surface area contributed by atoms with Gasteiger partial charge in [0.15, 0.2) is 11.4 Å². The van der Waals surface area contributed by atoms with Gasteiger partial charge in [-0.15, -0.1) is 0 Å². The maximum absolute atomic E-state index is 14.7. The van der Waals surface area contributed by atoms with E-state index in [1.807, 2.05) is 60.6 Å². The number of aliphatic hydroxyl groups is 2. The SMILES string of the molecule is C=C(Nc1cc(C)c2c(c1C)C(=O)C1=C(O)[C@]3(O)C(=C)C(C(N)=O)=C(C)[C@@H](C(C)C)[C@]3(C)C[C@]1(C)C2)Nc1cccc2c1C=CCC2. The summed E-state index contributed by atoms with van der Waals surface area (Å²) >= 11 is 0. The van der Waals surface area contributed by atoms with Crippen LogP contribution in [0, 0.1) is 36.5 Å². The van der Waals surface area contributed by atoms with Crippen LogP contribution in [0.25, 0.3) is 6.08 Å². The molecule has 47 heavy (non-hydrogen) atoms. The Kier molecular flexibility index (Phi) is 7.52. The summed E-state index contributed by atoms with van der Waals surface area (Å²) in [5.41, 5.74) is 10.4. The Morgan fingerprint density at radius 3 is 2.47 bits per heavy atom. The second-order valence-corrected chi connectivity index (χ2v) is 15.0. The standard InChI is InChI=1S/C40H47N3O4/c1-20(2)33-23(5)31(37(41)46)24(6)40(47)36(45)34-35(44)32-22(4)30(17-21(3)28(32)18-38(34,8)19-39(33,40)9)43-25(7)42-29-16-12-14-26-13-10-11-15-27(26)29/h11-12,14-17,20,33,42-43,45,47H,6-7,10,13,18-19H2,1-5,8-9H3,(H2,41,46)/t33-,38+,39+,40-/m1/s1. The minimum atomic E-state index is -2.05. The summed E-state index contributed by atoms with van der Waals surface area (Å²) in [5.74, 6) is -1.17. The van der Waals surface area contributed by atoms with Crippen LogP contribution in [0.5, 0.6) is 0 Å². The number of ketones is 1. The van der Waals surface area contributed by atoms with E-state index in [0.717, 1.165) is 52.0 Å². The molecule has 0 aliphatic heterocycles. The first-order valence-electron chi connectivity index (χ1n) is 16.5. The molecule has 4 atom stereocenters. The molecule has 0 heterocycles. The van der Waals surface area contributed by atoms with Gasteiger partial charge in [-0.1, -0.05) is 70.7 Å². The summed E-state index contributed by atoms with van der Waals surface area (Å²) < 4.78 is 0. The first-order valence-corrected chi connectivity index (χ1v) is 16.5. The lowest BCUT2D eigenvalue weighted by Crippen LogP contribution is -2.64. The average Bonchev–Trinajstić information content (AvgIpc) is 2.97. The first-order chi connectivity index (χ1) is 22.0.